The number of rotatable bonds is 5. The Kier molecular flexibility index (Phi) is 4.03. The summed E-state index contributed by atoms with van der Waals surface area (Å²) in [6.07, 6.45) is 1.16. The van der Waals surface area contributed by atoms with Crippen molar-refractivity contribution in [2.45, 2.75) is 13.3 Å². The summed E-state index contributed by atoms with van der Waals surface area (Å²) in [4.78, 5) is 21.7. The summed E-state index contributed by atoms with van der Waals surface area (Å²) < 4.78 is 5.01. The van der Waals surface area contributed by atoms with Gasteiger partial charge in [-0.3, -0.25) is 4.79 Å². The number of benzene rings is 1. The molecule has 0 fully saturated rings. The molecule has 1 aromatic rings. The molecule has 0 spiro atoms. The van der Waals surface area contributed by atoms with Crippen LogP contribution in [-0.4, -0.2) is 19.2 Å². The number of hydrogen-bond donors (Lipinski definition) is 0. The number of Topliss-reactive ketones (excluding diaryl/α,β-unsaturated/α-hetero) is 1. The van der Waals surface area contributed by atoms with E-state index in [9.17, 15) is 9.59 Å². The fourth-order valence-corrected chi connectivity index (χ4v) is 1.30. The van der Waals surface area contributed by atoms with Gasteiger partial charge in [-0.1, -0.05) is 12.1 Å². The van der Waals surface area contributed by atoms with Crippen LogP contribution in [0.4, 0.5) is 0 Å². The van der Waals surface area contributed by atoms with Crippen molar-refractivity contribution < 1.29 is 14.3 Å². The predicted octanol–water partition coefficient (Wildman–Crippen LogP) is 1.64. The van der Waals surface area contributed by atoms with E-state index in [0.29, 0.717) is 12.7 Å². The predicted molar refractivity (Wildman–Crippen MR) is 56.9 cm³/mol. The first kappa shape index (κ1) is 11.4. The van der Waals surface area contributed by atoms with Crippen molar-refractivity contribution in [1.82, 2.24) is 0 Å². The summed E-state index contributed by atoms with van der Waals surface area (Å²) in [5, 5.41) is 0. The second kappa shape index (κ2) is 5.29. The number of carbonyl (C=O) groups is 2. The van der Waals surface area contributed by atoms with Gasteiger partial charge in [0.2, 0.25) is 0 Å². The van der Waals surface area contributed by atoms with Crippen molar-refractivity contribution >= 4 is 12.1 Å². The number of ketones is 1. The third-order valence-electron chi connectivity index (χ3n) is 2.30. The zero-order valence-electron chi connectivity index (χ0n) is 8.90. The fourth-order valence-electron chi connectivity index (χ4n) is 1.30. The van der Waals surface area contributed by atoms with Crippen molar-refractivity contribution in [3.8, 4) is 5.75 Å². The molecule has 0 aromatic heterocycles. The third-order valence-corrected chi connectivity index (χ3v) is 2.30. The summed E-state index contributed by atoms with van der Waals surface area (Å²) in [7, 11) is 1.60. The molecule has 1 unspecified atom stereocenters. The van der Waals surface area contributed by atoms with Crippen LogP contribution in [0, 0.1) is 5.92 Å². The largest absolute Gasteiger partial charge is 0.497 e. The summed E-state index contributed by atoms with van der Waals surface area (Å²) in [5.74, 6) is 0.142. The van der Waals surface area contributed by atoms with Gasteiger partial charge < -0.3 is 9.53 Å². The van der Waals surface area contributed by atoms with Gasteiger partial charge in [-0.2, -0.15) is 0 Å². The molecule has 0 N–H and O–H groups in total. The minimum absolute atomic E-state index is 0.0965. The van der Waals surface area contributed by atoms with Crippen LogP contribution in [-0.2, 0) is 16.0 Å². The van der Waals surface area contributed by atoms with E-state index in [0.717, 1.165) is 11.3 Å². The maximum atomic E-state index is 11.0. The standard InChI is InChI=1S/C12H14O3/c1-9(14)11(8-13)7-10-3-5-12(15-2)6-4-10/h3-6,8,11H,7H2,1-2H3. The van der Waals surface area contributed by atoms with Crippen molar-refractivity contribution in [3.63, 3.8) is 0 Å². The second-order valence-electron chi connectivity index (χ2n) is 3.41. The molecule has 3 heteroatoms. The van der Waals surface area contributed by atoms with Crippen molar-refractivity contribution in [1.29, 1.82) is 0 Å². The Morgan fingerprint density at radius 3 is 2.40 bits per heavy atom. The third kappa shape index (κ3) is 3.20. The molecule has 0 aliphatic heterocycles. The smallest absolute Gasteiger partial charge is 0.140 e. The van der Waals surface area contributed by atoms with Gasteiger partial charge in [0.25, 0.3) is 0 Å². The van der Waals surface area contributed by atoms with E-state index in [1.165, 1.54) is 6.92 Å². The number of ether oxygens (including phenoxy) is 1. The molecule has 15 heavy (non-hydrogen) atoms. The highest BCUT2D eigenvalue weighted by Crippen LogP contribution is 2.14. The molecule has 0 amide bonds. The molecule has 1 aromatic carbocycles. The molecule has 80 valence electrons. The van der Waals surface area contributed by atoms with Gasteiger partial charge in [0.05, 0.1) is 13.0 Å². The van der Waals surface area contributed by atoms with Crippen LogP contribution in [0.2, 0.25) is 0 Å². The minimum Gasteiger partial charge on any atom is -0.497 e. The summed E-state index contributed by atoms with van der Waals surface area (Å²) >= 11 is 0. The molecule has 0 saturated carbocycles. The van der Waals surface area contributed by atoms with Gasteiger partial charge in [-0.05, 0) is 31.0 Å². The Labute approximate surface area is 89.1 Å². The lowest BCUT2D eigenvalue weighted by atomic mass is 9.97. The van der Waals surface area contributed by atoms with Crippen molar-refractivity contribution in [3.05, 3.63) is 29.8 Å². The van der Waals surface area contributed by atoms with Gasteiger partial charge >= 0.3 is 0 Å². The maximum Gasteiger partial charge on any atom is 0.140 e. The lowest BCUT2D eigenvalue weighted by Crippen LogP contribution is -2.15. The summed E-state index contributed by atoms with van der Waals surface area (Å²) in [6.45, 7) is 1.43. The van der Waals surface area contributed by atoms with E-state index >= 15 is 0 Å². The molecule has 0 radical (unpaired) electrons. The van der Waals surface area contributed by atoms with Crippen LogP contribution in [0.25, 0.3) is 0 Å². The highest BCUT2D eigenvalue weighted by molar-refractivity contribution is 5.91. The Hall–Kier alpha value is -1.64. The molecule has 0 bridgehead atoms. The Bertz CT molecular complexity index is 340. The molecule has 1 rings (SSSR count). The van der Waals surface area contributed by atoms with Gasteiger partial charge in [0.15, 0.2) is 0 Å². The van der Waals surface area contributed by atoms with E-state index in [2.05, 4.69) is 0 Å². The van der Waals surface area contributed by atoms with Gasteiger partial charge in [-0.25, -0.2) is 0 Å². The highest BCUT2D eigenvalue weighted by Gasteiger charge is 2.13. The van der Waals surface area contributed by atoms with E-state index < -0.39 is 5.92 Å². The van der Waals surface area contributed by atoms with Crippen molar-refractivity contribution in [2.75, 3.05) is 7.11 Å². The fraction of sp³-hybridized carbons (Fsp3) is 0.333. The van der Waals surface area contributed by atoms with Crippen LogP contribution in [0.5, 0.6) is 5.75 Å². The minimum atomic E-state index is -0.529. The zero-order chi connectivity index (χ0) is 11.3. The molecule has 1 atom stereocenters. The Morgan fingerprint density at radius 1 is 1.40 bits per heavy atom. The number of hydrogen-bond acceptors (Lipinski definition) is 3. The lowest BCUT2D eigenvalue weighted by Gasteiger charge is -2.06. The van der Waals surface area contributed by atoms with E-state index in [-0.39, 0.29) is 5.78 Å². The van der Waals surface area contributed by atoms with Crippen molar-refractivity contribution in [2.24, 2.45) is 5.92 Å². The SMILES string of the molecule is COc1ccc(CC(C=O)C(C)=O)cc1. The summed E-state index contributed by atoms with van der Waals surface area (Å²) in [6, 6.07) is 7.35. The van der Waals surface area contributed by atoms with Crippen LogP contribution < -0.4 is 4.74 Å². The van der Waals surface area contributed by atoms with Gasteiger partial charge in [-0.15, -0.1) is 0 Å². The molecule has 0 aliphatic rings. The van der Waals surface area contributed by atoms with E-state index in [1.54, 1.807) is 7.11 Å². The first-order chi connectivity index (χ1) is 7.17. The van der Waals surface area contributed by atoms with E-state index in [4.69, 9.17) is 4.74 Å². The lowest BCUT2D eigenvalue weighted by molar-refractivity contribution is -0.125. The number of carbonyl (C=O) groups excluding carboxylic acids is 2. The monoisotopic (exact) mass is 206 g/mol. The first-order valence-electron chi connectivity index (χ1n) is 4.76. The number of methoxy groups -OCH3 is 1. The molecule has 0 saturated heterocycles. The Morgan fingerprint density at radius 2 is 2.00 bits per heavy atom. The average Bonchev–Trinajstić information content (AvgIpc) is 2.26. The maximum absolute atomic E-state index is 11.0. The van der Waals surface area contributed by atoms with E-state index in [1.807, 2.05) is 24.3 Å². The van der Waals surface area contributed by atoms with Crippen LogP contribution in [0.15, 0.2) is 24.3 Å². The molecule has 0 heterocycles. The molecule has 0 aliphatic carbocycles. The highest BCUT2D eigenvalue weighted by atomic mass is 16.5. The molecular weight excluding hydrogens is 192 g/mol. The average molecular weight is 206 g/mol. The molecular formula is C12H14O3. The topological polar surface area (TPSA) is 43.4 Å². The second-order valence-corrected chi connectivity index (χ2v) is 3.41. The van der Waals surface area contributed by atoms with Gasteiger partial charge in [0, 0.05) is 0 Å². The quantitative estimate of drug-likeness (QED) is 0.543. The first-order valence-corrected chi connectivity index (χ1v) is 4.76. The number of aldehydes is 1. The van der Waals surface area contributed by atoms with Crippen LogP contribution >= 0.6 is 0 Å². The Balaban J connectivity index is 2.71. The summed E-state index contributed by atoms with van der Waals surface area (Å²) in [5.41, 5.74) is 0.961. The van der Waals surface area contributed by atoms with Crippen LogP contribution in [0.1, 0.15) is 12.5 Å². The van der Waals surface area contributed by atoms with Gasteiger partial charge in [0.1, 0.15) is 17.8 Å². The normalized spacial score (nSPS) is 11.9. The van der Waals surface area contributed by atoms with Crippen LogP contribution in [0.3, 0.4) is 0 Å². The zero-order valence-corrected chi connectivity index (χ0v) is 8.90. The molecule has 3 nitrogen and oxygen atoms in total.